The van der Waals surface area contributed by atoms with Crippen LogP contribution in [0.2, 0.25) is 0 Å². The summed E-state index contributed by atoms with van der Waals surface area (Å²) < 4.78 is 1.86. The molecule has 0 aliphatic heterocycles. The Morgan fingerprint density at radius 3 is 2.73 bits per heavy atom. The molecule has 1 aromatic heterocycles. The smallest absolute Gasteiger partial charge is 0.0537 e. The van der Waals surface area contributed by atoms with Crippen LogP contribution in [0.15, 0.2) is 12.4 Å². The molecular formula is C11H22N4. The Bertz CT molecular complexity index is 280. The van der Waals surface area contributed by atoms with E-state index in [2.05, 4.69) is 42.5 Å². The first kappa shape index (κ1) is 12.2. The summed E-state index contributed by atoms with van der Waals surface area (Å²) in [6.07, 6.45) is 5.15. The van der Waals surface area contributed by atoms with Crippen molar-refractivity contribution in [2.75, 3.05) is 27.2 Å². The molecule has 0 saturated heterocycles. The Labute approximate surface area is 92.3 Å². The number of hydrogen-bond acceptors (Lipinski definition) is 3. The van der Waals surface area contributed by atoms with Crippen LogP contribution in [-0.2, 0) is 7.05 Å². The number of aryl methyl sites for hydroxylation is 1. The van der Waals surface area contributed by atoms with Crippen LogP contribution in [0.3, 0.4) is 0 Å². The van der Waals surface area contributed by atoms with Crippen molar-refractivity contribution in [3.8, 4) is 0 Å². The number of rotatable bonds is 6. The number of nitrogens with zero attached hydrogens (tertiary/aromatic N) is 3. The minimum Gasteiger partial charge on any atom is -0.310 e. The molecule has 0 aliphatic carbocycles. The number of aromatic nitrogens is 2. The maximum atomic E-state index is 4.21. The van der Waals surface area contributed by atoms with Crippen molar-refractivity contribution >= 4 is 0 Å². The minimum absolute atomic E-state index is 0.422. The fourth-order valence-corrected chi connectivity index (χ4v) is 1.64. The summed E-state index contributed by atoms with van der Waals surface area (Å²) in [4.78, 5) is 2.21. The first-order valence-electron chi connectivity index (χ1n) is 5.50. The molecule has 1 N–H and O–H groups in total. The highest BCUT2D eigenvalue weighted by Gasteiger charge is 2.11. The van der Waals surface area contributed by atoms with Crippen LogP contribution in [0.5, 0.6) is 0 Å². The molecule has 1 unspecified atom stereocenters. The van der Waals surface area contributed by atoms with Gasteiger partial charge in [0.1, 0.15) is 0 Å². The zero-order chi connectivity index (χ0) is 11.3. The van der Waals surface area contributed by atoms with Crippen LogP contribution in [0, 0.1) is 0 Å². The topological polar surface area (TPSA) is 33.1 Å². The van der Waals surface area contributed by atoms with Gasteiger partial charge in [-0.1, -0.05) is 6.92 Å². The molecule has 1 rings (SSSR count). The summed E-state index contributed by atoms with van der Waals surface area (Å²) in [5.41, 5.74) is 1.28. The van der Waals surface area contributed by atoms with Crippen LogP contribution < -0.4 is 5.32 Å². The third-order valence-corrected chi connectivity index (χ3v) is 2.44. The van der Waals surface area contributed by atoms with Gasteiger partial charge in [0.05, 0.1) is 6.20 Å². The second kappa shape index (κ2) is 5.88. The summed E-state index contributed by atoms with van der Waals surface area (Å²) in [6, 6.07) is 0.422. The zero-order valence-corrected chi connectivity index (χ0v) is 10.2. The van der Waals surface area contributed by atoms with Gasteiger partial charge < -0.3 is 10.2 Å². The van der Waals surface area contributed by atoms with Gasteiger partial charge in [-0.2, -0.15) is 5.10 Å². The minimum atomic E-state index is 0.422. The molecule has 1 atom stereocenters. The third-order valence-electron chi connectivity index (χ3n) is 2.44. The first-order chi connectivity index (χ1) is 7.13. The monoisotopic (exact) mass is 210 g/mol. The van der Waals surface area contributed by atoms with E-state index >= 15 is 0 Å². The summed E-state index contributed by atoms with van der Waals surface area (Å²) in [7, 11) is 6.16. The molecule has 4 nitrogen and oxygen atoms in total. The van der Waals surface area contributed by atoms with E-state index in [9.17, 15) is 0 Å². The van der Waals surface area contributed by atoms with Crippen molar-refractivity contribution in [2.24, 2.45) is 7.05 Å². The van der Waals surface area contributed by atoms with E-state index in [4.69, 9.17) is 0 Å². The molecule has 0 aliphatic rings. The normalized spacial score (nSPS) is 13.4. The van der Waals surface area contributed by atoms with E-state index in [1.54, 1.807) is 0 Å². The van der Waals surface area contributed by atoms with Gasteiger partial charge in [0.25, 0.3) is 0 Å². The highest BCUT2D eigenvalue weighted by molar-refractivity contribution is 5.10. The lowest BCUT2D eigenvalue weighted by molar-refractivity contribution is 0.363. The van der Waals surface area contributed by atoms with Crippen LogP contribution in [-0.4, -0.2) is 41.9 Å². The fourth-order valence-electron chi connectivity index (χ4n) is 1.64. The highest BCUT2D eigenvalue weighted by Crippen LogP contribution is 2.15. The average molecular weight is 210 g/mol. The maximum absolute atomic E-state index is 4.21. The summed E-state index contributed by atoms with van der Waals surface area (Å²) in [5.74, 6) is 0. The SMILES string of the molecule is CCNC(CCN(C)C)c1cnn(C)c1. The van der Waals surface area contributed by atoms with Crippen molar-refractivity contribution in [1.29, 1.82) is 0 Å². The third kappa shape index (κ3) is 4.01. The van der Waals surface area contributed by atoms with Gasteiger partial charge in [-0.3, -0.25) is 4.68 Å². The standard InChI is InChI=1S/C11H22N4/c1-5-12-11(6-7-14(2)3)10-8-13-15(4)9-10/h8-9,11-12H,5-7H2,1-4H3. The summed E-state index contributed by atoms with van der Waals surface area (Å²) >= 11 is 0. The van der Waals surface area contributed by atoms with Crippen molar-refractivity contribution in [3.05, 3.63) is 18.0 Å². The van der Waals surface area contributed by atoms with Crippen molar-refractivity contribution < 1.29 is 0 Å². The van der Waals surface area contributed by atoms with E-state index < -0.39 is 0 Å². The van der Waals surface area contributed by atoms with E-state index in [0.717, 1.165) is 19.5 Å². The van der Waals surface area contributed by atoms with Gasteiger partial charge in [-0.05, 0) is 33.6 Å². The van der Waals surface area contributed by atoms with Crippen LogP contribution in [0.25, 0.3) is 0 Å². The molecule has 0 fully saturated rings. The molecule has 0 spiro atoms. The van der Waals surface area contributed by atoms with Crippen LogP contribution in [0.1, 0.15) is 24.9 Å². The van der Waals surface area contributed by atoms with Gasteiger partial charge in [0, 0.05) is 24.8 Å². The van der Waals surface area contributed by atoms with Crippen molar-refractivity contribution in [3.63, 3.8) is 0 Å². The van der Waals surface area contributed by atoms with Gasteiger partial charge >= 0.3 is 0 Å². The zero-order valence-electron chi connectivity index (χ0n) is 10.2. The average Bonchev–Trinajstić information content (AvgIpc) is 2.59. The Hall–Kier alpha value is -0.870. The summed E-state index contributed by atoms with van der Waals surface area (Å²) in [5, 5.41) is 7.70. The molecule has 1 heterocycles. The molecule has 0 aromatic carbocycles. The molecular weight excluding hydrogens is 188 g/mol. The second-order valence-corrected chi connectivity index (χ2v) is 4.15. The van der Waals surface area contributed by atoms with Crippen LogP contribution in [0.4, 0.5) is 0 Å². The summed E-state index contributed by atoms with van der Waals surface area (Å²) in [6.45, 7) is 4.22. The lowest BCUT2D eigenvalue weighted by atomic mass is 10.1. The first-order valence-corrected chi connectivity index (χ1v) is 5.50. The van der Waals surface area contributed by atoms with E-state index in [0.29, 0.717) is 6.04 Å². The molecule has 1 aromatic rings. The maximum Gasteiger partial charge on any atom is 0.0537 e. The molecule has 0 saturated carbocycles. The van der Waals surface area contributed by atoms with Gasteiger partial charge in [-0.15, -0.1) is 0 Å². The predicted octanol–water partition coefficient (Wildman–Crippen LogP) is 1.02. The number of nitrogens with one attached hydrogen (secondary N) is 1. The lowest BCUT2D eigenvalue weighted by Crippen LogP contribution is -2.25. The quantitative estimate of drug-likeness (QED) is 0.761. The molecule has 0 radical (unpaired) electrons. The van der Waals surface area contributed by atoms with Gasteiger partial charge in [0.2, 0.25) is 0 Å². The largest absolute Gasteiger partial charge is 0.310 e. The molecule has 15 heavy (non-hydrogen) atoms. The number of hydrogen-bond donors (Lipinski definition) is 1. The Balaban J connectivity index is 2.57. The van der Waals surface area contributed by atoms with Crippen molar-refractivity contribution in [2.45, 2.75) is 19.4 Å². The second-order valence-electron chi connectivity index (χ2n) is 4.15. The predicted molar refractivity (Wildman–Crippen MR) is 62.8 cm³/mol. The van der Waals surface area contributed by atoms with Gasteiger partial charge in [-0.25, -0.2) is 0 Å². The Kier molecular flexibility index (Phi) is 4.78. The van der Waals surface area contributed by atoms with E-state index in [-0.39, 0.29) is 0 Å². The molecule has 0 bridgehead atoms. The van der Waals surface area contributed by atoms with E-state index in [1.807, 2.05) is 17.9 Å². The molecule has 4 heteroatoms. The molecule has 0 amide bonds. The molecule has 86 valence electrons. The Morgan fingerprint density at radius 2 is 2.27 bits per heavy atom. The fraction of sp³-hybridized carbons (Fsp3) is 0.727. The highest BCUT2D eigenvalue weighted by atomic mass is 15.2. The van der Waals surface area contributed by atoms with Crippen molar-refractivity contribution in [1.82, 2.24) is 20.0 Å². The van der Waals surface area contributed by atoms with Crippen LogP contribution >= 0.6 is 0 Å². The van der Waals surface area contributed by atoms with E-state index in [1.165, 1.54) is 5.56 Å². The Morgan fingerprint density at radius 1 is 1.53 bits per heavy atom. The van der Waals surface area contributed by atoms with Gasteiger partial charge in [0.15, 0.2) is 0 Å². The lowest BCUT2D eigenvalue weighted by Gasteiger charge is -2.18.